The summed E-state index contributed by atoms with van der Waals surface area (Å²) in [6.07, 6.45) is 5.93. The van der Waals surface area contributed by atoms with E-state index in [0.29, 0.717) is 6.04 Å². The van der Waals surface area contributed by atoms with E-state index >= 15 is 0 Å². The van der Waals surface area contributed by atoms with Crippen molar-refractivity contribution in [1.82, 2.24) is 19.7 Å². The fourth-order valence-electron chi connectivity index (χ4n) is 2.63. The zero-order valence-electron chi connectivity index (χ0n) is 11.4. The molecule has 6 heteroatoms. The van der Waals surface area contributed by atoms with Crippen LogP contribution < -0.4 is 4.90 Å². The standard InChI is InChI=1S/C13H19N5S/c1-11-8-17(10-12-7-15-16(2)9-12)4-5-18(11)13-14-3-6-19-13/h3,6-7,9,11H,4-5,8,10H2,1-2H3/t11-/m0/s1. The number of rotatable bonds is 3. The van der Waals surface area contributed by atoms with Crippen LogP contribution in [0.15, 0.2) is 24.0 Å². The van der Waals surface area contributed by atoms with Gasteiger partial charge in [-0.25, -0.2) is 4.98 Å². The average molecular weight is 277 g/mol. The topological polar surface area (TPSA) is 37.2 Å². The lowest BCUT2D eigenvalue weighted by Gasteiger charge is -2.39. The Kier molecular flexibility index (Phi) is 3.52. The van der Waals surface area contributed by atoms with Crippen molar-refractivity contribution in [2.45, 2.75) is 19.5 Å². The van der Waals surface area contributed by atoms with Crippen molar-refractivity contribution >= 4 is 16.5 Å². The first-order chi connectivity index (χ1) is 9.22. The lowest BCUT2D eigenvalue weighted by Crippen LogP contribution is -2.51. The summed E-state index contributed by atoms with van der Waals surface area (Å²) in [5.74, 6) is 0. The normalized spacial score (nSPS) is 20.9. The van der Waals surface area contributed by atoms with E-state index in [1.165, 1.54) is 5.56 Å². The highest BCUT2D eigenvalue weighted by molar-refractivity contribution is 7.13. The number of aromatic nitrogens is 3. The van der Waals surface area contributed by atoms with E-state index in [9.17, 15) is 0 Å². The number of anilines is 1. The Hall–Kier alpha value is -1.40. The van der Waals surface area contributed by atoms with Crippen LogP contribution in [0.4, 0.5) is 5.13 Å². The number of aryl methyl sites for hydroxylation is 1. The number of hydrogen-bond donors (Lipinski definition) is 0. The predicted octanol–water partition coefficient (Wildman–Crippen LogP) is 1.59. The molecule has 1 saturated heterocycles. The molecule has 0 unspecified atom stereocenters. The van der Waals surface area contributed by atoms with Gasteiger partial charge in [0, 0.05) is 62.6 Å². The van der Waals surface area contributed by atoms with Crippen molar-refractivity contribution in [2.75, 3.05) is 24.5 Å². The van der Waals surface area contributed by atoms with E-state index in [1.54, 1.807) is 11.3 Å². The van der Waals surface area contributed by atoms with Crippen molar-refractivity contribution in [1.29, 1.82) is 0 Å². The highest BCUT2D eigenvalue weighted by atomic mass is 32.1. The molecule has 0 N–H and O–H groups in total. The minimum Gasteiger partial charge on any atom is -0.343 e. The van der Waals surface area contributed by atoms with Crippen LogP contribution in [-0.4, -0.2) is 45.3 Å². The minimum atomic E-state index is 0.511. The molecule has 2 aromatic rings. The fourth-order valence-corrected chi connectivity index (χ4v) is 3.40. The van der Waals surface area contributed by atoms with Gasteiger partial charge in [-0.2, -0.15) is 5.10 Å². The fraction of sp³-hybridized carbons (Fsp3) is 0.538. The van der Waals surface area contributed by atoms with E-state index in [-0.39, 0.29) is 0 Å². The molecule has 1 atom stereocenters. The van der Waals surface area contributed by atoms with Gasteiger partial charge in [0.15, 0.2) is 5.13 Å². The van der Waals surface area contributed by atoms with Crippen LogP contribution in [0, 0.1) is 0 Å². The van der Waals surface area contributed by atoms with E-state index < -0.39 is 0 Å². The smallest absolute Gasteiger partial charge is 0.185 e. The maximum Gasteiger partial charge on any atom is 0.185 e. The molecule has 1 fully saturated rings. The molecule has 1 aliphatic heterocycles. The van der Waals surface area contributed by atoms with Gasteiger partial charge in [-0.1, -0.05) is 0 Å². The Bertz CT molecular complexity index is 521. The van der Waals surface area contributed by atoms with E-state index in [4.69, 9.17) is 0 Å². The maximum absolute atomic E-state index is 4.42. The Morgan fingerprint density at radius 3 is 2.95 bits per heavy atom. The van der Waals surface area contributed by atoms with Gasteiger partial charge < -0.3 is 4.90 Å². The second-order valence-corrected chi connectivity index (χ2v) is 5.99. The molecule has 0 bridgehead atoms. The first-order valence-electron chi connectivity index (χ1n) is 6.58. The second-order valence-electron chi connectivity index (χ2n) is 5.11. The predicted molar refractivity (Wildman–Crippen MR) is 77.4 cm³/mol. The zero-order chi connectivity index (χ0) is 13.2. The van der Waals surface area contributed by atoms with Crippen LogP contribution in [0.25, 0.3) is 0 Å². The number of thiazole rings is 1. The summed E-state index contributed by atoms with van der Waals surface area (Å²) in [7, 11) is 1.96. The van der Waals surface area contributed by atoms with Gasteiger partial charge in [-0.15, -0.1) is 11.3 Å². The monoisotopic (exact) mass is 277 g/mol. The van der Waals surface area contributed by atoms with Gasteiger partial charge in [0.2, 0.25) is 0 Å². The molecule has 102 valence electrons. The molecule has 5 nitrogen and oxygen atoms in total. The SMILES string of the molecule is C[C@H]1CN(Cc2cnn(C)c2)CCN1c1nccs1. The van der Waals surface area contributed by atoms with Crippen molar-refractivity contribution < 1.29 is 0 Å². The molecule has 0 saturated carbocycles. The molecule has 0 aromatic carbocycles. The molecule has 0 spiro atoms. The Morgan fingerprint density at radius 1 is 1.42 bits per heavy atom. The van der Waals surface area contributed by atoms with Gasteiger partial charge in [0.05, 0.1) is 6.20 Å². The zero-order valence-corrected chi connectivity index (χ0v) is 12.2. The first kappa shape index (κ1) is 12.6. The molecular weight excluding hydrogens is 258 g/mol. The van der Waals surface area contributed by atoms with E-state index in [1.807, 2.05) is 29.5 Å². The van der Waals surface area contributed by atoms with Crippen LogP contribution in [0.3, 0.4) is 0 Å². The number of piperazine rings is 1. The van der Waals surface area contributed by atoms with Crippen molar-refractivity contribution in [3.8, 4) is 0 Å². The first-order valence-corrected chi connectivity index (χ1v) is 7.46. The number of hydrogen-bond acceptors (Lipinski definition) is 5. The summed E-state index contributed by atoms with van der Waals surface area (Å²) >= 11 is 1.72. The van der Waals surface area contributed by atoms with E-state index in [2.05, 4.69) is 33.0 Å². The van der Waals surface area contributed by atoms with Crippen LogP contribution in [0.2, 0.25) is 0 Å². The van der Waals surface area contributed by atoms with Gasteiger partial charge in [0.1, 0.15) is 0 Å². The molecule has 19 heavy (non-hydrogen) atoms. The molecule has 1 aliphatic rings. The third-order valence-corrected chi connectivity index (χ3v) is 4.35. The van der Waals surface area contributed by atoms with Gasteiger partial charge in [-0.3, -0.25) is 9.58 Å². The van der Waals surface area contributed by atoms with Gasteiger partial charge >= 0.3 is 0 Å². The van der Waals surface area contributed by atoms with Gasteiger partial charge in [-0.05, 0) is 6.92 Å². The summed E-state index contributed by atoms with van der Waals surface area (Å²) in [6.45, 7) is 6.48. The second kappa shape index (κ2) is 5.30. The van der Waals surface area contributed by atoms with E-state index in [0.717, 1.165) is 31.3 Å². The molecule has 0 radical (unpaired) electrons. The summed E-state index contributed by atoms with van der Waals surface area (Å²) in [5.41, 5.74) is 1.29. The summed E-state index contributed by atoms with van der Waals surface area (Å²) < 4.78 is 1.87. The van der Waals surface area contributed by atoms with Gasteiger partial charge in [0.25, 0.3) is 0 Å². The molecule has 0 aliphatic carbocycles. The average Bonchev–Trinajstić information content (AvgIpc) is 3.01. The minimum absolute atomic E-state index is 0.511. The highest BCUT2D eigenvalue weighted by Gasteiger charge is 2.25. The molecular formula is C13H19N5S. The molecule has 3 heterocycles. The Morgan fingerprint density at radius 2 is 2.32 bits per heavy atom. The van der Waals surface area contributed by atoms with Crippen molar-refractivity contribution in [3.63, 3.8) is 0 Å². The molecule has 2 aromatic heterocycles. The third kappa shape index (κ3) is 2.79. The number of nitrogens with zero attached hydrogens (tertiary/aromatic N) is 5. The largest absolute Gasteiger partial charge is 0.343 e. The molecule has 0 amide bonds. The van der Waals surface area contributed by atoms with Crippen LogP contribution >= 0.6 is 11.3 Å². The van der Waals surface area contributed by atoms with Crippen LogP contribution in [0.1, 0.15) is 12.5 Å². The Labute approximate surface area is 117 Å². The maximum atomic E-state index is 4.42. The van der Waals surface area contributed by atoms with Crippen molar-refractivity contribution in [2.24, 2.45) is 7.05 Å². The lowest BCUT2D eigenvalue weighted by atomic mass is 10.2. The third-order valence-electron chi connectivity index (χ3n) is 3.54. The molecule has 3 rings (SSSR count). The summed E-state index contributed by atoms with van der Waals surface area (Å²) in [5, 5.41) is 7.42. The quantitative estimate of drug-likeness (QED) is 0.854. The summed E-state index contributed by atoms with van der Waals surface area (Å²) in [4.78, 5) is 9.31. The lowest BCUT2D eigenvalue weighted by molar-refractivity contribution is 0.221. The summed E-state index contributed by atoms with van der Waals surface area (Å²) in [6, 6.07) is 0.511. The Balaban J connectivity index is 1.61. The van der Waals surface area contributed by atoms with Crippen molar-refractivity contribution in [3.05, 3.63) is 29.5 Å². The van der Waals surface area contributed by atoms with Crippen LogP contribution in [0.5, 0.6) is 0 Å². The van der Waals surface area contributed by atoms with Crippen LogP contribution in [-0.2, 0) is 13.6 Å². The highest BCUT2D eigenvalue weighted by Crippen LogP contribution is 2.23.